The van der Waals surface area contributed by atoms with E-state index in [-0.39, 0.29) is 0 Å². The average molecular weight is 281 g/mol. The van der Waals surface area contributed by atoms with Gasteiger partial charge in [0.2, 0.25) is 0 Å². The van der Waals surface area contributed by atoms with E-state index in [0.717, 1.165) is 18.6 Å². The lowest BCUT2D eigenvalue weighted by atomic mass is 9.87. The van der Waals surface area contributed by atoms with E-state index < -0.39 is 0 Å². The van der Waals surface area contributed by atoms with E-state index in [1.54, 1.807) is 0 Å². The molecule has 0 N–H and O–H groups in total. The lowest BCUT2D eigenvalue weighted by Crippen LogP contribution is -2.44. The van der Waals surface area contributed by atoms with Gasteiger partial charge in [-0.1, -0.05) is 33.1 Å². The van der Waals surface area contributed by atoms with E-state index in [1.807, 2.05) is 0 Å². The van der Waals surface area contributed by atoms with Gasteiger partial charge in [0.1, 0.15) is 0 Å². The van der Waals surface area contributed by atoms with Crippen molar-refractivity contribution in [2.24, 2.45) is 5.92 Å². The Morgan fingerprint density at radius 3 is 2.20 bits per heavy atom. The molecule has 2 aliphatic rings. The third-order valence-corrected chi connectivity index (χ3v) is 5.36. The second-order valence-corrected chi connectivity index (χ2v) is 6.92. The monoisotopic (exact) mass is 281 g/mol. The fourth-order valence-corrected chi connectivity index (χ4v) is 3.99. The molecule has 0 bridgehead atoms. The number of piperidine rings is 1. The van der Waals surface area contributed by atoms with Crippen molar-refractivity contribution in [2.45, 2.75) is 90.2 Å². The van der Waals surface area contributed by atoms with E-state index >= 15 is 0 Å². The van der Waals surface area contributed by atoms with Gasteiger partial charge >= 0.3 is 0 Å². The van der Waals surface area contributed by atoms with Crippen molar-refractivity contribution < 1.29 is 4.74 Å². The Morgan fingerprint density at radius 1 is 0.900 bits per heavy atom. The van der Waals surface area contributed by atoms with Crippen molar-refractivity contribution >= 4 is 0 Å². The summed E-state index contributed by atoms with van der Waals surface area (Å²) in [5, 5.41) is 0. The molecule has 118 valence electrons. The highest BCUT2D eigenvalue weighted by molar-refractivity contribution is 4.83. The molecule has 0 spiro atoms. The summed E-state index contributed by atoms with van der Waals surface area (Å²) in [7, 11) is 0. The molecule has 0 atom stereocenters. The van der Waals surface area contributed by atoms with E-state index in [0.29, 0.717) is 6.10 Å². The summed E-state index contributed by atoms with van der Waals surface area (Å²) in [6, 6.07) is 0.864. The van der Waals surface area contributed by atoms with Gasteiger partial charge in [0.25, 0.3) is 0 Å². The van der Waals surface area contributed by atoms with Crippen LogP contribution in [0.3, 0.4) is 0 Å². The highest BCUT2D eigenvalue weighted by atomic mass is 16.5. The quantitative estimate of drug-likeness (QED) is 0.631. The number of hydrogen-bond donors (Lipinski definition) is 0. The zero-order chi connectivity index (χ0) is 14.2. The van der Waals surface area contributed by atoms with Crippen LogP contribution in [0.25, 0.3) is 0 Å². The summed E-state index contributed by atoms with van der Waals surface area (Å²) in [5.74, 6) is 1.02. The summed E-state index contributed by atoms with van der Waals surface area (Å²) in [4.78, 5) is 2.79. The van der Waals surface area contributed by atoms with Crippen LogP contribution in [-0.2, 0) is 4.74 Å². The van der Waals surface area contributed by atoms with Crippen LogP contribution in [0, 0.1) is 5.92 Å². The smallest absolute Gasteiger partial charge is 0.0576 e. The molecule has 0 aromatic rings. The van der Waals surface area contributed by atoms with Crippen LogP contribution >= 0.6 is 0 Å². The lowest BCUT2D eigenvalue weighted by molar-refractivity contribution is 0.000596. The fourth-order valence-electron chi connectivity index (χ4n) is 3.99. The first kappa shape index (κ1) is 16.3. The average Bonchev–Trinajstić information content (AvgIpc) is 2.49. The predicted octanol–water partition coefficient (Wildman–Crippen LogP) is 4.63. The van der Waals surface area contributed by atoms with Gasteiger partial charge in [0.05, 0.1) is 6.10 Å². The van der Waals surface area contributed by atoms with Crippen molar-refractivity contribution in [3.8, 4) is 0 Å². The molecule has 0 aromatic heterocycles. The van der Waals surface area contributed by atoms with Gasteiger partial charge in [-0.2, -0.15) is 0 Å². The molecule has 0 unspecified atom stereocenters. The van der Waals surface area contributed by atoms with Crippen LogP contribution in [0.15, 0.2) is 0 Å². The molecular formula is C18H35NO. The largest absolute Gasteiger partial charge is 0.378 e. The van der Waals surface area contributed by atoms with E-state index in [4.69, 9.17) is 4.74 Å². The van der Waals surface area contributed by atoms with Crippen molar-refractivity contribution in [3.63, 3.8) is 0 Å². The Bertz CT molecular complexity index is 240. The molecule has 1 saturated carbocycles. The first-order valence-electron chi connectivity index (χ1n) is 9.19. The maximum atomic E-state index is 5.99. The number of unbranched alkanes of at least 4 members (excludes halogenated alkanes) is 1. The summed E-state index contributed by atoms with van der Waals surface area (Å²) in [5.41, 5.74) is 0. The summed E-state index contributed by atoms with van der Waals surface area (Å²) in [6.07, 6.45) is 14.1. The molecular weight excluding hydrogens is 246 g/mol. The van der Waals surface area contributed by atoms with E-state index in [9.17, 15) is 0 Å². The Kier molecular flexibility index (Phi) is 7.37. The second-order valence-electron chi connectivity index (χ2n) is 6.92. The zero-order valence-corrected chi connectivity index (χ0v) is 13.8. The zero-order valence-electron chi connectivity index (χ0n) is 13.8. The molecule has 0 aromatic carbocycles. The summed E-state index contributed by atoms with van der Waals surface area (Å²) >= 11 is 0. The van der Waals surface area contributed by atoms with Crippen LogP contribution in [0.5, 0.6) is 0 Å². The molecule has 2 rings (SSSR count). The number of nitrogens with zero attached hydrogens (tertiary/aromatic N) is 1. The maximum absolute atomic E-state index is 5.99. The van der Waals surface area contributed by atoms with Crippen LogP contribution in [-0.4, -0.2) is 36.7 Å². The van der Waals surface area contributed by atoms with Gasteiger partial charge in [-0.15, -0.1) is 0 Å². The Morgan fingerprint density at radius 2 is 1.60 bits per heavy atom. The highest BCUT2D eigenvalue weighted by Crippen LogP contribution is 2.29. The molecule has 0 amide bonds. The molecule has 2 nitrogen and oxygen atoms in total. The second kappa shape index (κ2) is 9.04. The maximum Gasteiger partial charge on any atom is 0.0576 e. The number of likely N-dealkylation sites (tertiary alicyclic amines) is 1. The molecule has 2 fully saturated rings. The van der Waals surface area contributed by atoms with Crippen LogP contribution in [0.1, 0.15) is 78.1 Å². The van der Waals surface area contributed by atoms with Gasteiger partial charge in [-0.25, -0.2) is 0 Å². The molecule has 2 heteroatoms. The van der Waals surface area contributed by atoms with Crippen molar-refractivity contribution in [1.29, 1.82) is 0 Å². The third-order valence-electron chi connectivity index (χ3n) is 5.36. The third kappa shape index (κ3) is 5.04. The first-order valence-corrected chi connectivity index (χ1v) is 9.19. The Balaban J connectivity index is 1.62. The first-order chi connectivity index (χ1) is 9.83. The summed E-state index contributed by atoms with van der Waals surface area (Å²) in [6.45, 7) is 8.26. The predicted molar refractivity (Wildman–Crippen MR) is 86.1 cm³/mol. The minimum absolute atomic E-state index is 0.565. The van der Waals surface area contributed by atoms with E-state index in [2.05, 4.69) is 18.7 Å². The van der Waals surface area contributed by atoms with Gasteiger partial charge < -0.3 is 9.64 Å². The van der Waals surface area contributed by atoms with Crippen molar-refractivity contribution in [3.05, 3.63) is 0 Å². The number of rotatable bonds is 7. The number of hydrogen-bond acceptors (Lipinski definition) is 2. The van der Waals surface area contributed by atoms with Crippen molar-refractivity contribution in [1.82, 2.24) is 4.90 Å². The molecule has 1 aliphatic carbocycles. The van der Waals surface area contributed by atoms with Gasteiger partial charge in [-0.3, -0.25) is 0 Å². The van der Waals surface area contributed by atoms with Gasteiger partial charge in [0, 0.05) is 12.6 Å². The summed E-state index contributed by atoms with van der Waals surface area (Å²) < 4.78 is 5.99. The normalized spacial score (nSPS) is 29.7. The van der Waals surface area contributed by atoms with Gasteiger partial charge in [-0.05, 0) is 64.0 Å². The molecule has 20 heavy (non-hydrogen) atoms. The highest BCUT2D eigenvalue weighted by Gasteiger charge is 2.28. The minimum Gasteiger partial charge on any atom is -0.378 e. The van der Waals surface area contributed by atoms with Gasteiger partial charge in [0.15, 0.2) is 0 Å². The Hall–Kier alpha value is -0.0800. The fraction of sp³-hybridized carbons (Fsp3) is 1.00. The Labute approximate surface area is 126 Å². The molecule has 1 saturated heterocycles. The minimum atomic E-state index is 0.565. The van der Waals surface area contributed by atoms with Crippen LogP contribution in [0.2, 0.25) is 0 Å². The van der Waals surface area contributed by atoms with Crippen LogP contribution in [0.4, 0.5) is 0 Å². The van der Waals surface area contributed by atoms with Crippen LogP contribution < -0.4 is 0 Å². The molecule has 1 aliphatic heterocycles. The van der Waals surface area contributed by atoms with E-state index in [1.165, 1.54) is 77.3 Å². The molecule has 1 heterocycles. The molecule has 0 radical (unpaired) electrons. The van der Waals surface area contributed by atoms with Crippen molar-refractivity contribution in [2.75, 3.05) is 19.7 Å². The number of ether oxygens (including phenoxy) is 1. The standard InChI is InChI=1S/C18H35NO/c1-3-5-15-20-18-9-7-17(8-10-18)19-13-11-16(6-4-2)12-14-19/h16-18H,3-15H2,1-2H3. The topological polar surface area (TPSA) is 12.5 Å². The lowest BCUT2D eigenvalue weighted by Gasteiger charge is -2.40. The SMILES string of the molecule is CCCCOC1CCC(N2CCC(CCC)CC2)CC1.